The predicted molar refractivity (Wildman–Crippen MR) is 53.6 cm³/mol. The maximum absolute atomic E-state index is 11.4. The number of tetrazole rings is 1. The summed E-state index contributed by atoms with van der Waals surface area (Å²) < 4.78 is 1.50. The Kier molecular flexibility index (Phi) is 2.88. The van der Waals surface area contributed by atoms with Crippen molar-refractivity contribution in [3.63, 3.8) is 0 Å². The van der Waals surface area contributed by atoms with Crippen LogP contribution in [0.4, 0.5) is 0 Å². The second-order valence-corrected chi connectivity index (χ2v) is 2.94. The van der Waals surface area contributed by atoms with Gasteiger partial charge in [-0.25, -0.2) is 10.2 Å². The fraction of sp³-hybridized carbons (Fsp3) is 0.111. The van der Waals surface area contributed by atoms with Gasteiger partial charge in [-0.15, -0.1) is 5.10 Å². The topological polar surface area (TPSA) is 81.9 Å². The van der Waals surface area contributed by atoms with E-state index in [1.807, 2.05) is 0 Å². The van der Waals surface area contributed by atoms with E-state index in [2.05, 4.69) is 25.8 Å². The van der Waals surface area contributed by atoms with Crippen molar-refractivity contribution in [2.24, 2.45) is 0 Å². The van der Waals surface area contributed by atoms with Crippen molar-refractivity contribution < 1.29 is 9.63 Å². The van der Waals surface area contributed by atoms with E-state index >= 15 is 0 Å². The zero-order chi connectivity index (χ0) is 11.4. The average Bonchev–Trinajstić information content (AvgIpc) is 2.83. The summed E-state index contributed by atoms with van der Waals surface area (Å²) in [5, 5.41) is 10.8. The molecule has 0 bridgehead atoms. The molecule has 2 rings (SSSR count). The van der Waals surface area contributed by atoms with Crippen LogP contribution in [0.25, 0.3) is 5.69 Å². The molecule has 0 saturated carbocycles. The number of rotatable bonds is 3. The normalized spacial score (nSPS) is 10.1. The number of benzene rings is 1. The molecule has 1 heterocycles. The summed E-state index contributed by atoms with van der Waals surface area (Å²) >= 11 is 0. The van der Waals surface area contributed by atoms with Gasteiger partial charge in [0.2, 0.25) is 0 Å². The minimum absolute atomic E-state index is 0.300. The molecule has 7 nitrogen and oxygen atoms in total. The Morgan fingerprint density at radius 2 is 2.12 bits per heavy atom. The molecule has 0 saturated heterocycles. The number of hydrogen-bond donors (Lipinski definition) is 1. The van der Waals surface area contributed by atoms with Crippen LogP contribution in [0, 0.1) is 0 Å². The molecule has 0 aliphatic carbocycles. The number of hydroxylamine groups is 1. The number of carbonyl (C=O) groups excluding carboxylic acids is 1. The van der Waals surface area contributed by atoms with Crippen LogP contribution < -0.4 is 5.48 Å². The van der Waals surface area contributed by atoms with Crippen molar-refractivity contribution >= 4 is 5.91 Å². The molecule has 1 aromatic carbocycles. The SMILES string of the molecule is CONC(=O)c1ccc(-n2cnnn2)cc1. The molecule has 0 atom stereocenters. The first-order valence-corrected chi connectivity index (χ1v) is 4.48. The first-order chi connectivity index (χ1) is 7.81. The molecule has 0 aliphatic heterocycles. The molecule has 0 spiro atoms. The Hall–Kier alpha value is -2.28. The molecule has 0 fully saturated rings. The quantitative estimate of drug-likeness (QED) is 0.732. The van der Waals surface area contributed by atoms with E-state index in [4.69, 9.17) is 0 Å². The van der Waals surface area contributed by atoms with Crippen LogP contribution in [0.1, 0.15) is 10.4 Å². The van der Waals surface area contributed by atoms with Gasteiger partial charge in [-0.1, -0.05) is 0 Å². The highest BCUT2D eigenvalue weighted by molar-refractivity contribution is 5.93. The third kappa shape index (κ3) is 2.04. The second kappa shape index (κ2) is 4.49. The first kappa shape index (κ1) is 10.2. The van der Waals surface area contributed by atoms with Gasteiger partial charge >= 0.3 is 0 Å². The Morgan fingerprint density at radius 3 is 2.69 bits per heavy atom. The van der Waals surface area contributed by atoms with Crippen LogP contribution in [0.3, 0.4) is 0 Å². The lowest BCUT2D eigenvalue weighted by Crippen LogP contribution is -2.21. The van der Waals surface area contributed by atoms with Crippen LogP contribution in [-0.4, -0.2) is 33.2 Å². The Bertz CT molecular complexity index is 465. The van der Waals surface area contributed by atoms with Gasteiger partial charge in [0.1, 0.15) is 6.33 Å². The summed E-state index contributed by atoms with van der Waals surface area (Å²) in [6.07, 6.45) is 1.48. The zero-order valence-corrected chi connectivity index (χ0v) is 8.49. The smallest absolute Gasteiger partial charge is 0.274 e. The van der Waals surface area contributed by atoms with Crippen molar-refractivity contribution in [3.8, 4) is 5.69 Å². The summed E-state index contributed by atoms with van der Waals surface area (Å²) in [5.41, 5.74) is 3.51. The number of aromatic nitrogens is 4. The highest BCUT2D eigenvalue weighted by Crippen LogP contribution is 2.07. The fourth-order valence-corrected chi connectivity index (χ4v) is 1.20. The molecule has 1 aromatic heterocycles. The van der Waals surface area contributed by atoms with E-state index in [0.29, 0.717) is 5.56 Å². The van der Waals surface area contributed by atoms with Gasteiger partial charge in [-0.3, -0.25) is 9.63 Å². The highest BCUT2D eigenvalue weighted by Gasteiger charge is 2.05. The van der Waals surface area contributed by atoms with Crippen molar-refractivity contribution in [1.82, 2.24) is 25.7 Å². The zero-order valence-electron chi connectivity index (χ0n) is 8.49. The average molecular weight is 219 g/mol. The monoisotopic (exact) mass is 219 g/mol. The summed E-state index contributed by atoms with van der Waals surface area (Å²) in [5.74, 6) is -0.300. The van der Waals surface area contributed by atoms with E-state index in [-0.39, 0.29) is 5.91 Å². The first-order valence-electron chi connectivity index (χ1n) is 4.48. The molecule has 1 amide bonds. The largest absolute Gasteiger partial charge is 0.277 e. The van der Waals surface area contributed by atoms with Gasteiger partial charge in [0.05, 0.1) is 12.8 Å². The molecule has 1 N–H and O–H groups in total. The highest BCUT2D eigenvalue weighted by atomic mass is 16.6. The van der Waals surface area contributed by atoms with Crippen LogP contribution >= 0.6 is 0 Å². The third-order valence-electron chi connectivity index (χ3n) is 1.94. The molecule has 0 aliphatic rings. The number of nitrogens with zero attached hydrogens (tertiary/aromatic N) is 4. The molecular weight excluding hydrogens is 210 g/mol. The lowest BCUT2D eigenvalue weighted by Gasteiger charge is -2.03. The molecule has 16 heavy (non-hydrogen) atoms. The van der Waals surface area contributed by atoms with Crippen molar-refractivity contribution in [3.05, 3.63) is 36.2 Å². The van der Waals surface area contributed by atoms with Crippen LogP contribution in [-0.2, 0) is 4.84 Å². The molecule has 82 valence electrons. The number of carbonyl (C=O) groups is 1. The van der Waals surface area contributed by atoms with Gasteiger partial charge in [0.25, 0.3) is 5.91 Å². The molecule has 7 heteroatoms. The lowest BCUT2D eigenvalue weighted by molar-refractivity contribution is 0.0537. The van der Waals surface area contributed by atoms with Crippen molar-refractivity contribution in [1.29, 1.82) is 0 Å². The fourth-order valence-electron chi connectivity index (χ4n) is 1.20. The van der Waals surface area contributed by atoms with E-state index in [1.54, 1.807) is 24.3 Å². The number of nitrogens with one attached hydrogen (secondary N) is 1. The second-order valence-electron chi connectivity index (χ2n) is 2.94. The van der Waals surface area contributed by atoms with Gasteiger partial charge < -0.3 is 0 Å². The molecule has 0 radical (unpaired) electrons. The molecule has 2 aromatic rings. The summed E-state index contributed by atoms with van der Waals surface area (Å²) in [6, 6.07) is 6.79. The Balaban J connectivity index is 2.20. The van der Waals surface area contributed by atoms with Crippen LogP contribution in [0.2, 0.25) is 0 Å². The minimum atomic E-state index is -0.300. The van der Waals surface area contributed by atoms with E-state index in [9.17, 15) is 4.79 Å². The lowest BCUT2D eigenvalue weighted by atomic mass is 10.2. The van der Waals surface area contributed by atoms with Gasteiger partial charge in [-0.2, -0.15) is 0 Å². The van der Waals surface area contributed by atoms with E-state index in [1.165, 1.54) is 18.1 Å². The van der Waals surface area contributed by atoms with Gasteiger partial charge in [0.15, 0.2) is 0 Å². The van der Waals surface area contributed by atoms with Crippen LogP contribution in [0.15, 0.2) is 30.6 Å². The maximum Gasteiger partial charge on any atom is 0.274 e. The summed E-state index contributed by atoms with van der Waals surface area (Å²) in [4.78, 5) is 15.9. The van der Waals surface area contributed by atoms with Gasteiger partial charge in [0, 0.05) is 5.56 Å². The van der Waals surface area contributed by atoms with E-state index < -0.39 is 0 Å². The maximum atomic E-state index is 11.4. The van der Waals surface area contributed by atoms with Crippen molar-refractivity contribution in [2.75, 3.05) is 7.11 Å². The summed E-state index contributed by atoms with van der Waals surface area (Å²) in [7, 11) is 1.38. The van der Waals surface area contributed by atoms with Crippen LogP contribution in [0.5, 0.6) is 0 Å². The predicted octanol–water partition coefficient (Wildman–Crippen LogP) is -0.0465. The van der Waals surface area contributed by atoms with E-state index in [0.717, 1.165) is 5.69 Å². The Morgan fingerprint density at radius 1 is 1.38 bits per heavy atom. The number of amides is 1. The standard InChI is InChI=1S/C9H9N5O2/c1-16-11-9(15)7-2-4-8(5-3-7)14-6-10-12-13-14/h2-6H,1H3,(H,11,15). The summed E-state index contributed by atoms with van der Waals surface area (Å²) in [6.45, 7) is 0. The molecule has 0 unspecified atom stereocenters. The number of hydrogen-bond acceptors (Lipinski definition) is 5. The third-order valence-corrected chi connectivity index (χ3v) is 1.94. The minimum Gasteiger partial charge on any atom is -0.277 e. The Labute approximate surface area is 91.0 Å². The molecular formula is C9H9N5O2. The van der Waals surface area contributed by atoms with Gasteiger partial charge in [-0.05, 0) is 34.7 Å². The van der Waals surface area contributed by atoms with Crippen molar-refractivity contribution in [2.45, 2.75) is 0 Å².